The third-order valence-electron chi connectivity index (χ3n) is 6.79. The number of rotatable bonds is 11. The normalized spacial score (nSPS) is 23.7. The van der Waals surface area contributed by atoms with Crippen LogP contribution in [0.4, 0.5) is 0 Å². The maximum absolute atomic E-state index is 13.9. The number of ether oxygens (including phenoxy) is 3. The number of nitrogens with one attached hydrogen (secondary N) is 1. The maximum Gasteiger partial charge on any atom is 0.265 e. The predicted molar refractivity (Wildman–Crippen MR) is 130 cm³/mol. The number of fused-ring (bicyclic) bond motifs is 1. The number of pyridine rings is 1. The Morgan fingerprint density at radius 2 is 1.81 bits per heavy atom. The molecule has 2 atom stereocenters. The molecule has 2 unspecified atom stereocenters. The lowest BCUT2D eigenvalue weighted by Crippen LogP contribution is -2.59. The smallest absolute Gasteiger partial charge is 0.265 e. The maximum atomic E-state index is 13.9. The highest BCUT2D eigenvalue weighted by atomic mass is 32.2. The Morgan fingerprint density at radius 3 is 2.39 bits per heavy atom. The van der Waals surface area contributed by atoms with Gasteiger partial charge in [0.05, 0.1) is 23.7 Å². The van der Waals surface area contributed by atoms with Crippen LogP contribution in [0.1, 0.15) is 38.7 Å². The van der Waals surface area contributed by atoms with Gasteiger partial charge in [-0.1, -0.05) is 13.8 Å². The zero-order valence-electron chi connectivity index (χ0n) is 20.5. The number of hydrogen-bond donors (Lipinski definition) is 2. The first-order chi connectivity index (χ1) is 17.3. The molecule has 36 heavy (non-hydrogen) atoms. The van der Waals surface area contributed by atoms with Crippen LogP contribution in [0.3, 0.4) is 0 Å². The molecule has 4 rings (SSSR count). The fourth-order valence-corrected chi connectivity index (χ4v) is 6.55. The molecule has 0 bridgehead atoms. The summed E-state index contributed by atoms with van der Waals surface area (Å²) in [5.41, 5.74) is 1.25. The molecule has 10 nitrogen and oxygen atoms in total. The van der Waals surface area contributed by atoms with Crippen LogP contribution in [0.5, 0.6) is 5.75 Å². The Balaban J connectivity index is 1.56. The van der Waals surface area contributed by atoms with Crippen LogP contribution in [0.25, 0.3) is 0 Å². The largest absolute Gasteiger partial charge is 0.493 e. The van der Waals surface area contributed by atoms with E-state index in [9.17, 15) is 18.4 Å². The van der Waals surface area contributed by atoms with Gasteiger partial charge in [-0.15, -0.1) is 0 Å². The van der Waals surface area contributed by atoms with Gasteiger partial charge in [0, 0.05) is 38.2 Å². The fraction of sp³-hybridized carbons (Fsp3) is 0.520. The van der Waals surface area contributed by atoms with Crippen molar-refractivity contribution >= 4 is 15.9 Å². The first-order valence-corrected chi connectivity index (χ1v) is 13.5. The van der Waals surface area contributed by atoms with E-state index >= 15 is 0 Å². The molecule has 1 saturated heterocycles. The molecule has 1 aromatic heterocycles. The van der Waals surface area contributed by atoms with E-state index in [0.717, 1.165) is 5.56 Å². The lowest BCUT2D eigenvalue weighted by molar-refractivity contribution is -0.141. The van der Waals surface area contributed by atoms with Gasteiger partial charge < -0.3 is 14.2 Å². The summed E-state index contributed by atoms with van der Waals surface area (Å²) >= 11 is 0. The number of sulfonamides is 1. The molecule has 2 fully saturated rings. The van der Waals surface area contributed by atoms with Crippen molar-refractivity contribution in [2.24, 2.45) is 5.92 Å². The quantitative estimate of drug-likeness (QED) is 0.343. The lowest BCUT2D eigenvalue weighted by Gasteiger charge is -2.39. The number of hydroxylamine groups is 1. The number of benzene rings is 1. The molecule has 196 valence electrons. The third kappa shape index (κ3) is 5.55. The molecule has 2 heterocycles. The summed E-state index contributed by atoms with van der Waals surface area (Å²) in [7, 11) is -4.12. The number of hydrogen-bond acceptors (Lipinski definition) is 8. The Morgan fingerprint density at radius 1 is 1.17 bits per heavy atom. The molecule has 1 aliphatic carbocycles. The van der Waals surface area contributed by atoms with E-state index in [-0.39, 0.29) is 37.0 Å². The van der Waals surface area contributed by atoms with Crippen LogP contribution in [0.15, 0.2) is 53.7 Å². The summed E-state index contributed by atoms with van der Waals surface area (Å²) in [6, 6.07) is 10.00. The van der Waals surface area contributed by atoms with Gasteiger partial charge in [0.2, 0.25) is 10.0 Å². The van der Waals surface area contributed by atoms with Gasteiger partial charge in [0.1, 0.15) is 18.1 Å². The summed E-state index contributed by atoms with van der Waals surface area (Å²) in [5, 5.41) is 9.56. The van der Waals surface area contributed by atoms with E-state index in [1.807, 2.05) is 26.0 Å². The summed E-state index contributed by atoms with van der Waals surface area (Å²) < 4.78 is 46.0. The molecule has 1 aromatic carbocycles. The van der Waals surface area contributed by atoms with Crippen molar-refractivity contribution in [2.75, 3.05) is 19.9 Å². The van der Waals surface area contributed by atoms with E-state index < -0.39 is 33.7 Å². The van der Waals surface area contributed by atoms with Crippen LogP contribution in [-0.2, 0) is 30.7 Å². The van der Waals surface area contributed by atoms with Crippen molar-refractivity contribution in [2.45, 2.75) is 62.2 Å². The SMILES string of the molecule is CC(C)CCN(C1(C(=O)NO)CC2OCOC2C1)S(=O)(=O)c1ccc(OCCc2ccncc2)cc1. The molecule has 1 aliphatic heterocycles. The molecule has 1 saturated carbocycles. The fourth-order valence-electron chi connectivity index (χ4n) is 4.78. The highest BCUT2D eigenvalue weighted by molar-refractivity contribution is 7.89. The minimum absolute atomic E-state index is 0.0387. The van der Waals surface area contributed by atoms with E-state index in [4.69, 9.17) is 14.2 Å². The molecule has 11 heteroatoms. The third-order valence-corrected chi connectivity index (χ3v) is 8.77. The van der Waals surface area contributed by atoms with Crippen LogP contribution in [0.2, 0.25) is 0 Å². The van der Waals surface area contributed by atoms with E-state index in [0.29, 0.717) is 25.2 Å². The monoisotopic (exact) mass is 519 g/mol. The van der Waals surface area contributed by atoms with Crippen molar-refractivity contribution in [3.05, 3.63) is 54.4 Å². The van der Waals surface area contributed by atoms with Crippen molar-refractivity contribution in [3.63, 3.8) is 0 Å². The molecule has 2 aliphatic rings. The number of carbonyl (C=O) groups excluding carboxylic acids is 1. The first-order valence-electron chi connectivity index (χ1n) is 12.1. The van der Waals surface area contributed by atoms with Gasteiger partial charge in [-0.25, -0.2) is 13.9 Å². The lowest BCUT2D eigenvalue weighted by atomic mass is 9.95. The van der Waals surface area contributed by atoms with Crippen molar-refractivity contribution < 1.29 is 32.6 Å². The van der Waals surface area contributed by atoms with Crippen LogP contribution in [0, 0.1) is 5.92 Å². The zero-order valence-corrected chi connectivity index (χ0v) is 21.3. The minimum Gasteiger partial charge on any atom is -0.493 e. The van der Waals surface area contributed by atoms with Gasteiger partial charge in [0.15, 0.2) is 0 Å². The minimum atomic E-state index is -4.12. The average Bonchev–Trinajstić information content (AvgIpc) is 3.45. The molecule has 2 aromatic rings. The second kappa shape index (κ2) is 11.2. The zero-order chi connectivity index (χ0) is 25.8. The Hall–Kier alpha value is -2.57. The number of amides is 1. The van der Waals surface area contributed by atoms with Crippen LogP contribution in [-0.4, -0.2) is 66.5 Å². The standard InChI is InChI=1S/C25H33N3O7S/c1-18(2)9-13-28(25(24(29)27-30)15-22-23(16-25)35-17-34-22)36(31,32)21-5-3-20(4-6-21)33-14-10-19-7-11-26-12-8-19/h3-8,11-12,18,22-23,30H,9-10,13-17H2,1-2H3,(H,27,29). The van der Waals surface area contributed by atoms with E-state index in [2.05, 4.69) is 4.98 Å². The predicted octanol–water partition coefficient (Wildman–Crippen LogP) is 2.52. The average molecular weight is 520 g/mol. The summed E-state index contributed by atoms with van der Waals surface area (Å²) in [4.78, 5) is 17.0. The topological polar surface area (TPSA) is 127 Å². The molecule has 1 amide bonds. The molecular formula is C25H33N3O7S. The number of carbonyl (C=O) groups is 1. The summed E-state index contributed by atoms with van der Waals surface area (Å²) in [5.74, 6) is -0.0502. The molecule has 0 spiro atoms. The van der Waals surface area contributed by atoms with Gasteiger partial charge in [-0.3, -0.25) is 15.0 Å². The van der Waals surface area contributed by atoms with E-state index in [1.54, 1.807) is 30.0 Å². The Labute approximate surface area is 211 Å². The van der Waals surface area contributed by atoms with Gasteiger partial charge in [-0.05, 0) is 54.3 Å². The van der Waals surface area contributed by atoms with Crippen molar-refractivity contribution in [1.29, 1.82) is 0 Å². The van der Waals surface area contributed by atoms with E-state index in [1.165, 1.54) is 16.4 Å². The van der Waals surface area contributed by atoms with Crippen molar-refractivity contribution in [3.8, 4) is 5.75 Å². The second-order valence-corrected chi connectivity index (χ2v) is 11.5. The molecule has 0 radical (unpaired) electrons. The number of nitrogens with zero attached hydrogens (tertiary/aromatic N) is 2. The highest BCUT2D eigenvalue weighted by Crippen LogP contribution is 2.44. The number of aromatic nitrogens is 1. The summed E-state index contributed by atoms with van der Waals surface area (Å²) in [6.45, 7) is 4.61. The van der Waals surface area contributed by atoms with Crippen LogP contribution < -0.4 is 10.2 Å². The van der Waals surface area contributed by atoms with Crippen LogP contribution >= 0.6 is 0 Å². The Bertz CT molecular complexity index is 1110. The highest BCUT2D eigenvalue weighted by Gasteiger charge is 2.59. The molecular weight excluding hydrogens is 486 g/mol. The van der Waals surface area contributed by atoms with Gasteiger partial charge >= 0.3 is 0 Å². The summed E-state index contributed by atoms with van der Waals surface area (Å²) in [6.07, 6.45) is 4.02. The van der Waals surface area contributed by atoms with Crippen molar-refractivity contribution in [1.82, 2.24) is 14.8 Å². The second-order valence-electron chi connectivity index (χ2n) is 9.59. The molecule has 2 N–H and O–H groups in total. The Kier molecular flexibility index (Phi) is 8.26. The van der Waals surface area contributed by atoms with Gasteiger partial charge in [0.25, 0.3) is 5.91 Å². The first kappa shape index (κ1) is 26.5. The van der Waals surface area contributed by atoms with Gasteiger partial charge in [-0.2, -0.15) is 4.31 Å².